The molecule has 3 aromatic rings. The van der Waals surface area contributed by atoms with Crippen LogP contribution in [0.5, 0.6) is 23.0 Å². The van der Waals surface area contributed by atoms with Gasteiger partial charge in [0.15, 0.2) is 16.7 Å². The fourth-order valence-corrected chi connectivity index (χ4v) is 4.21. The van der Waals surface area contributed by atoms with Crippen LogP contribution in [0.4, 0.5) is 0 Å². The first kappa shape index (κ1) is 24.2. The average molecular weight is 475 g/mol. The van der Waals surface area contributed by atoms with E-state index in [4.69, 9.17) is 28.7 Å². The van der Waals surface area contributed by atoms with E-state index in [0.717, 1.165) is 11.8 Å². The van der Waals surface area contributed by atoms with Gasteiger partial charge in [-0.1, -0.05) is 17.8 Å². The van der Waals surface area contributed by atoms with Gasteiger partial charge in [0.25, 0.3) is 5.56 Å². The van der Waals surface area contributed by atoms with Crippen LogP contribution in [0.1, 0.15) is 13.8 Å². The Labute approximate surface area is 195 Å². The van der Waals surface area contributed by atoms with Crippen molar-refractivity contribution in [3.8, 4) is 28.7 Å². The third kappa shape index (κ3) is 4.70. The predicted octanol–water partition coefficient (Wildman–Crippen LogP) is 3.46. The van der Waals surface area contributed by atoms with Crippen molar-refractivity contribution in [3.05, 3.63) is 40.7 Å². The Morgan fingerprint density at radius 2 is 1.79 bits per heavy atom. The molecule has 0 aliphatic heterocycles. The van der Waals surface area contributed by atoms with E-state index in [1.165, 1.54) is 25.9 Å². The Balaban J connectivity index is 2.36. The van der Waals surface area contributed by atoms with Crippen molar-refractivity contribution >= 4 is 28.6 Å². The zero-order chi connectivity index (χ0) is 24.1. The number of nitrogens with zero attached hydrogens (tertiary/aromatic N) is 2. The van der Waals surface area contributed by atoms with Crippen LogP contribution in [0.2, 0.25) is 0 Å². The summed E-state index contributed by atoms with van der Waals surface area (Å²) in [6.07, 6.45) is 0. The summed E-state index contributed by atoms with van der Waals surface area (Å²) in [5.74, 6) is 1.06. The maximum atomic E-state index is 13.8. The molecule has 0 amide bonds. The second-order valence-corrected chi connectivity index (χ2v) is 8.10. The molecule has 10 heteroatoms. The van der Waals surface area contributed by atoms with E-state index in [2.05, 4.69) is 0 Å². The second kappa shape index (κ2) is 10.5. The number of benzene rings is 2. The maximum absolute atomic E-state index is 13.8. The van der Waals surface area contributed by atoms with Crippen molar-refractivity contribution in [1.29, 1.82) is 0 Å². The number of hydrogen-bond acceptors (Lipinski definition) is 9. The molecule has 1 aromatic heterocycles. The minimum absolute atomic E-state index is 0.252. The van der Waals surface area contributed by atoms with E-state index in [1.807, 2.05) is 0 Å². The molecule has 1 atom stereocenters. The Morgan fingerprint density at radius 3 is 2.39 bits per heavy atom. The Bertz CT molecular complexity index is 1230. The van der Waals surface area contributed by atoms with Crippen molar-refractivity contribution in [2.24, 2.45) is 0 Å². The van der Waals surface area contributed by atoms with Gasteiger partial charge in [-0.3, -0.25) is 14.2 Å². The number of carbonyl (C=O) groups is 1. The van der Waals surface area contributed by atoms with Gasteiger partial charge in [0, 0.05) is 6.07 Å². The summed E-state index contributed by atoms with van der Waals surface area (Å²) < 4.78 is 28.3. The molecule has 0 bridgehead atoms. The smallest absolute Gasteiger partial charge is 0.319 e. The molecule has 0 saturated carbocycles. The molecule has 176 valence electrons. The van der Waals surface area contributed by atoms with Crippen molar-refractivity contribution in [2.75, 3.05) is 35.0 Å². The quantitative estimate of drug-likeness (QED) is 0.262. The third-order valence-electron chi connectivity index (χ3n) is 4.85. The molecular formula is C23H26N2O7S. The number of rotatable bonds is 9. The molecule has 2 aromatic carbocycles. The first-order valence-corrected chi connectivity index (χ1v) is 11.0. The highest BCUT2D eigenvalue weighted by Crippen LogP contribution is 2.42. The van der Waals surface area contributed by atoms with Gasteiger partial charge in [0.05, 0.1) is 46.1 Å². The molecule has 0 radical (unpaired) electrons. The van der Waals surface area contributed by atoms with Gasteiger partial charge in [0.1, 0.15) is 16.5 Å². The van der Waals surface area contributed by atoms with E-state index in [-0.39, 0.29) is 34.0 Å². The summed E-state index contributed by atoms with van der Waals surface area (Å²) >= 11 is 1.11. The zero-order valence-corrected chi connectivity index (χ0v) is 20.1. The van der Waals surface area contributed by atoms with Gasteiger partial charge in [-0.25, -0.2) is 4.98 Å². The van der Waals surface area contributed by atoms with Gasteiger partial charge < -0.3 is 23.7 Å². The van der Waals surface area contributed by atoms with Gasteiger partial charge >= 0.3 is 5.97 Å². The number of methoxy groups -OCH3 is 4. The van der Waals surface area contributed by atoms with Crippen LogP contribution in [0.25, 0.3) is 16.6 Å². The number of ether oxygens (including phenoxy) is 5. The normalized spacial score (nSPS) is 11.7. The van der Waals surface area contributed by atoms with Crippen molar-refractivity contribution in [3.63, 3.8) is 0 Å². The van der Waals surface area contributed by atoms with E-state index in [1.54, 1.807) is 51.3 Å². The lowest BCUT2D eigenvalue weighted by molar-refractivity contribution is -0.142. The molecular weight excluding hydrogens is 448 g/mol. The highest BCUT2D eigenvalue weighted by Gasteiger charge is 2.25. The van der Waals surface area contributed by atoms with Crippen LogP contribution in [-0.4, -0.2) is 55.8 Å². The lowest BCUT2D eigenvalue weighted by Gasteiger charge is -2.19. The van der Waals surface area contributed by atoms with Crippen LogP contribution in [0, 0.1) is 0 Å². The summed E-state index contributed by atoms with van der Waals surface area (Å²) in [4.78, 5) is 30.8. The predicted molar refractivity (Wildman–Crippen MR) is 126 cm³/mol. The fourth-order valence-electron chi connectivity index (χ4n) is 3.29. The molecule has 0 aliphatic carbocycles. The topological polar surface area (TPSA) is 98.1 Å². The van der Waals surface area contributed by atoms with Gasteiger partial charge in [-0.2, -0.15) is 0 Å². The Hall–Kier alpha value is -3.40. The van der Waals surface area contributed by atoms with E-state index in [0.29, 0.717) is 22.9 Å². The Morgan fingerprint density at radius 1 is 1.06 bits per heavy atom. The lowest BCUT2D eigenvalue weighted by atomic mass is 10.2. The Kier molecular flexibility index (Phi) is 7.70. The molecule has 1 heterocycles. The van der Waals surface area contributed by atoms with Crippen molar-refractivity contribution in [2.45, 2.75) is 24.3 Å². The van der Waals surface area contributed by atoms with Crippen LogP contribution >= 0.6 is 11.8 Å². The lowest BCUT2D eigenvalue weighted by Crippen LogP contribution is -2.24. The average Bonchev–Trinajstić information content (AvgIpc) is 2.83. The molecule has 0 fully saturated rings. The summed E-state index contributed by atoms with van der Waals surface area (Å²) in [5, 5.41) is -0.0652. The van der Waals surface area contributed by atoms with E-state index < -0.39 is 11.2 Å². The first-order valence-electron chi connectivity index (χ1n) is 10.1. The second-order valence-electron chi connectivity index (χ2n) is 6.79. The monoisotopic (exact) mass is 474 g/mol. The van der Waals surface area contributed by atoms with E-state index in [9.17, 15) is 9.59 Å². The number of thioether (sulfide) groups is 1. The molecule has 0 saturated heterocycles. The van der Waals surface area contributed by atoms with E-state index >= 15 is 0 Å². The number of aromatic nitrogens is 2. The van der Waals surface area contributed by atoms with Crippen molar-refractivity contribution < 1.29 is 28.5 Å². The third-order valence-corrected chi connectivity index (χ3v) is 5.88. The SMILES string of the molecule is CCOC(=O)C(C)Sc1nc2c(OC)c(OC)c(OC)cc2c(=O)n1-c1cccc(OC)c1. The van der Waals surface area contributed by atoms with Crippen molar-refractivity contribution in [1.82, 2.24) is 9.55 Å². The summed E-state index contributed by atoms with van der Waals surface area (Å²) in [6.45, 7) is 3.68. The molecule has 0 aliphatic rings. The molecule has 3 rings (SSSR count). The highest BCUT2D eigenvalue weighted by molar-refractivity contribution is 8.00. The summed E-state index contributed by atoms with van der Waals surface area (Å²) in [5.41, 5.74) is 0.449. The van der Waals surface area contributed by atoms with Gasteiger partial charge in [-0.05, 0) is 32.0 Å². The number of carbonyl (C=O) groups excluding carboxylic acids is 1. The van der Waals surface area contributed by atoms with Crippen LogP contribution in [0.3, 0.4) is 0 Å². The van der Waals surface area contributed by atoms with Crippen LogP contribution in [-0.2, 0) is 9.53 Å². The molecule has 0 N–H and O–H groups in total. The number of esters is 1. The van der Waals surface area contributed by atoms with Gasteiger partial charge in [0.2, 0.25) is 5.75 Å². The number of fused-ring (bicyclic) bond motifs is 1. The summed E-state index contributed by atoms with van der Waals surface area (Å²) in [7, 11) is 5.95. The molecule has 33 heavy (non-hydrogen) atoms. The summed E-state index contributed by atoms with van der Waals surface area (Å²) in [6, 6.07) is 8.57. The standard InChI is InChI=1S/C23H26N2O7S/c1-7-32-22(27)13(2)33-23-24-18-16(12-17(29-4)19(30-5)20(18)31-6)21(26)25(23)14-9-8-10-15(11-14)28-3/h8-13H,7H2,1-6H3. The minimum atomic E-state index is -0.614. The molecule has 9 nitrogen and oxygen atoms in total. The molecule has 1 unspecified atom stereocenters. The highest BCUT2D eigenvalue weighted by atomic mass is 32.2. The van der Waals surface area contributed by atoms with Crippen LogP contribution in [0.15, 0.2) is 40.3 Å². The first-order chi connectivity index (χ1) is 15.9. The van der Waals surface area contributed by atoms with Gasteiger partial charge in [-0.15, -0.1) is 0 Å². The molecule has 0 spiro atoms. The minimum Gasteiger partial charge on any atom is -0.497 e. The zero-order valence-electron chi connectivity index (χ0n) is 19.3. The fraction of sp³-hybridized carbons (Fsp3) is 0.348. The van der Waals surface area contributed by atoms with Crippen LogP contribution < -0.4 is 24.5 Å². The number of hydrogen-bond donors (Lipinski definition) is 0. The maximum Gasteiger partial charge on any atom is 0.319 e. The largest absolute Gasteiger partial charge is 0.497 e.